The topological polar surface area (TPSA) is 26.3 Å². The zero-order chi connectivity index (χ0) is 12.0. The molecule has 0 heterocycles. The number of hydrogen-bond acceptors (Lipinski definition) is 2. The van der Waals surface area contributed by atoms with E-state index in [1.54, 1.807) is 0 Å². The summed E-state index contributed by atoms with van der Waals surface area (Å²) in [5.41, 5.74) is 0.732. The fourth-order valence-corrected chi connectivity index (χ4v) is 2.01. The highest BCUT2D eigenvalue weighted by Crippen LogP contribution is 2.08. The van der Waals surface area contributed by atoms with Crippen molar-refractivity contribution < 1.29 is 9.53 Å². The normalized spacial score (nSPS) is 11.4. The number of carbonyl (C=O) groups is 1. The molecule has 1 aromatic rings. The smallest absolute Gasteiger partial charge is 0.188 e. The average Bonchev–Trinajstić information content (AvgIpc) is 2.24. The summed E-state index contributed by atoms with van der Waals surface area (Å²) in [6.07, 6.45) is 0. The van der Waals surface area contributed by atoms with Crippen LogP contribution in [0, 0.1) is 0 Å². The molecule has 0 fully saturated rings. The van der Waals surface area contributed by atoms with E-state index in [2.05, 4.69) is 19.6 Å². The standard InChI is InChI=1S/C13H20O2Si/c1-16(2,3)10-9-15-11-13(14)12-7-5-4-6-8-12/h4-8H,9-11H2,1-3H3. The second-order valence-electron chi connectivity index (χ2n) is 5.15. The third-order valence-electron chi connectivity index (χ3n) is 2.33. The van der Waals surface area contributed by atoms with Crippen LogP contribution in [0.3, 0.4) is 0 Å². The summed E-state index contributed by atoms with van der Waals surface area (Å²) in [5.74, 6) is 0.0659. The number of Topliss-reactive ketones (excluding diaryl/α,β-unsaturated/α-hetero) is 1. The van der Waals surface area contributed by atoms with Crippen molar-refractivity contribution in [3.05, 3.63) is 35.9 Å². The van der Waals surface area contributed by atoms with E-state index in [0.29, 0.717) is 6.61 Å². The van der Waals surface area contributed by atoms with Gasteiger partial charge >= 0.3 is 0 Å². The van der Waals surface area contributed by atoms with Crippen LogP contribution in [-0.4, -0.2) is 27.1 Å². The molecule has 0 radical (unpaired) electrons. The molecule has 2 nitrogen and oxygen atoms in total. The van der Waals surface area contributed by atoms with Gasteiger partial charge in [0.25, 0.3) is 0 Å². The van der Waals surface area contributed by atoms with E-state index in [9.17, 15) is 4.79 Å². The van der Waals surface area contributed by atoms with Gasteiger partial charge in [0.2, 0.25) is 0 Å². The molecule has 0 aromatic heterocycles. The zero-order valence-electron chi connectivity index (χ0n) is 10.3. The molecule has 88 valence electrons. The van der Waals surface area contributed by atoms with E-state index >= 15 is 0 Å². The molecule has 3 heteroatoms. The van der Waals surface area contributed by atoms with E-state index in [1.807, 2.05) is 30.3 Å². The summed E-state index contributed by atoms with van der Waals surface area (Å²) in [4.78, 5) is 11.7. The van der Waals surface area contributed by atoms with Crippen molar-refractivity contribution in [2.24, 2.45) is 0 Å². The molecule has 16 heavy (non-hydrogen) atoms. The van der Waals surface area contributed by atoms with Crippen LogP contribution in [0.1, 0.15) is 10.4 Å². The van der Waals surface area contributed by atoms with Crippen molar-refractivity contribution in [1.29, 1.82) is 0 Å². The lowest BCUT2D eigenvalue weighted by atomic mass is 10.1. The van der Waals surface area contributed by atoms with Gasteiger partial charge < -0.3 is 4.74 Å². The second-order valence-corrected chi connectivity index (χ2v) is 10.8. The van der Waals surface area contributed by atoms with Crippen LogP contribution in [-0.2, 0) is 4.74 Å². The van der Waals surface area contributed by atoms with Gasteiger partial charge in [-0.05, 0) is 6.04 Å². The van der Waals surface area contributed by atoms with Crippen LogP contribution >= 0.6 is 0 Å². The fourth-order valence-electron chi connectivity index (χ4n) is 1.25. The van der Waals surface area contributed by atoms with Crippen LogP contribution < -0.4 is 0 Å². The highest BCUT2D eigenvalue weighted by molar-refractivity contribution is 6.76. The Morgan fingerprint density at radius 3 is 2.38 bits per heavy atom. The zero-order valence-corrected chi connectivity index (χ0v) is 11.3. The summed E-state index contributed by atoms with van der Waals surface area (Å²) in [6, 6.07) is 10.4. The molecule has 0 aliphatic rings. The minimum absolute atomic E-state index is 0.0659. The first-order valence-corrected chi connectivity index (χ1v) is 9.36. The summed E-state index contributed by atoms with van der Waals surface area (Å²) in [7, 11) is -1.04. The third-order valence-corrected chi connectivity index (χ3v) is 4.03. The van der Waals surface area contributed by atoms with Gasteiger partial charge in [-0.15, -0.1) is 0 Å². The van der Waals surface area contributed by atoms with E-state index < -0.39 is 8.07 Å². The molecule has 0 saturated heterocycles. The maximum Gasteiger partial charge on any atom is 0.188 e. The Labute approximate surface area is 98.6 Å². The van der Waals surface area contributed by atoms with E-state index in [4.69, 9.17) is 4.74 Å². The average molecular weight is 236 g/mol. The third kappa shape index (κ3) is 5.23. The Morgan fingerprint density at radius 1 is 1.19 bits per heavy atom. The Balaban J connectivity index is 2.27. The van der Waals surface area contributed by atoms with Gasteiger partial charge in [0.05, 0.1) is 0 Å². The number of benzene rings is 1. The first-order chi connectivity index (χ1) is 7.49. The second kappa shape index (κ2) is 5.96. The van der Waals surface area contributed by atoms with Gasteiger partial charge in [-0.1, -0.05) is 50.0 Å². The predicted molar refractivity (Wildman–Crippen MR) is 69.7 cm³/mol. The quantitative estimate of drug-likeness (QED) is 0.430. The monoisotopic (exact) mass is 236 g/mol. The van der Waals surface area contributed by atoms with Gasteiger partial charge in [0.1, 0.15) is 6.61 Å². The van der Waals surface area contributed by atoms with Crippen LogP contribution in [0.4, 0.5) is 0 Å². The predicted octanol–water partition coefficient (Wildman–Crippen LogP) is 3.22. The highest BCUT2D eigenvalue weighted by Gasteiger charge is 2.12. The Morgan fingerprint density at radius 2 is 1.81 bits per heavy atom. The van der Waals surface area contributed by atoms with Gasteiger partial charge in [0, 0.05) is 20.2 Å². The molecule has 1 aromatic carbocycles. The molecule has 0 atom stereocenters. The van der Waals surface area contributed by atoms with Crippen molar-refractivity contribution >= 4 is 13.9 Å². The van der Waals surface area contributed by atoms with Crippen molar-refractivity contribution in [3.8, 4) is 0 Å². The minimum atomic E-state index is -1.04. The van der Waals surface area contributed by atoms with Crippen molar-refractivity contribution in [1.82, 2.24) is 0 Å². The Hall–Kier alpha value is -0.933. The SMILES string of the molecule is C[Si](C)(C)CCOCC(=O)c1ccccc1. The molecular weight excluding hydrogens is 216 g/mol. The highest BCUT2D eigenvalue weighted by atomic mass is 28.3. The van der Waals surface area contributed by atoms with Gasteiger partial charge in [-0.3, -0.25) is 4.79 Å². The first-order valence-electron chi connectivity index (χ1n) is 5.65. The number of rotatable bonds is 6. The van der Waals surface area contributed by atoms with Crippen molar-refractivity contribution in [2.75, 3.05) is 13.2 Å². The Kier molecular flexibility index (Phi) is 4.90. The number of ether oxygens (including phenoxy) is 1. The molecule has 0 aliphatic carbocycles. The fraction of sp³-hybridized carbons (Fsp3) is 0.462. The van der Waals surface area contributed by atoms with Gasteiger partial charge in [-0.2, -0.15) is 0 Å². The lowest BCUT2D eigenvalue weighted by Crippen LogP contribution is -2.22. The summed E-state index contributed by atoms with van der Waals surface area (Å²) in [5, 5.41) is 0. The van der Waals surface area contributed by atoms with E-state index in [-0.39, 0.29) is 12.4 Å². The maximum absolute atomic E-state index is 11.7. The van der Waals surface area contributed by atoms with Gasteiger partial charge in [0.15, 0.2) is 5.78 Å². The molecule has 0 unspecified atom stereocenters. The Bertz CT molecular complexity index is 328. The molecule has 0 spiro atoms. The summed E-state index contributed by atoms with van der Waals surface area (Å²) >= 11 is 0. The van der Waals surface area contributed by atoms with Crippen LogP contribution in [0.5, 0.6) is 0 Å². The van der Waals surface area contributed by atoms with Crippen LogP contribution in [0.25, 0.3) is 0 Å². The summed E-state index contributed by atoms with van der Waals surface area (Å²) in [6.45, 7) is 7.81. The maximum atomic E-state index is 11.7. The number of carbonyl (C=O) groups excluding carboxylic acids is 1. The molecule has 0 bridgehead atoms. The van der Waals surface area contributed by atoms with Crippen molar-refractivity contribution in [2.45, 2.75) is 25.7 Å². The molecule has 0 saturated carbocycles. The van der Waals surface area contributed by atoms with Crippen LogP contribution in [0.2, 0.25) is 25.7 Å². The molecule has 0 aliphatic heterocycles. The molecule has 1 rings (SSSR count). The first kappa shape index (κ1) is 13.1. The van der Waals surface area contributed by atoms with Crippen molar-refractivity contribution in [3.63, 3.8) is 0 Å². The van der Waals surface area contributed by atoms with Gasteiger partial charge in [-0.25, -0.2) is 0 Å². The molecular formula is C13H20O2Si. The van der Waals surface area contributed by atoms with E-state index in [0.717, 1.165) is 11.6 Å². The van der Waals surface area contributed by atoms with Crippen LogP contribution in [0.15, 0.2) is 30.3 Å². The summed E-state index contributed by atoms with van der Waals surface area (Å²) < 4.78 is 5.41. The number of ketones is 1. The number of hydrogen-bond donors (Lipinski definition) is 0. The minimum Gasteiger partial charge on any atom is -0.374 e. The largest absolute Gasteiger partial charge is 0.374 e. The molecule has 0 N–H and O–H groups in total. The lowest BCUT2D eigenvalue weighted by molar-refractivity contribution is 0.0782. The lowest BCUT2D eigenvalue weighted by Gasteiger charge is -2.15. The molecule has 0 amide bonds. The van der Waals surface area contributed by atoms with E-state index in [1.165, 1.54) is 0 Å².